The van der Waals surface area contributed by atoms with Gasteiger partial charge in [-0.2, -0.15) is 0 Å². The van der Waals surface area contributed by atoms with E-state index in [0.717, 1.165) is 30.9 Å². The predicted octanol–water partition coefficient (Wildman–Crippen LogP) is 1.65. The van der Waals surface area contributed by atoms with Gasteiger partial charge in [0, 0.05) is 38.4 Å². The Labute approximate surface area is 149 Å². The third kappa shape index (κ3) is 3.57. The molecule has 2 fully saturated rings. The number of ether oxygens (including phenoxy) is 1. The Kier molecular flexibility index (Phi) is 5.16. The van der Waals surface area contributed by atoms with Crippen LogP contribution in [0.1, 0.15) is 26.2 Å². The number of amides is 2. The Bertz CT molecular complexity index is 617. The number of carbonyl (C=O) groups excluding carboxylic acids is 2. The first-order valence-corrected chi connectivity index (χ1v) is 9.07. The van der Waals surface area contributed by atoms with Gasteiger partial charge in [-0.3, -0.25) is 9.59 Å². The fourth-order valence-corrected chi connectivity index (χ4v) is 3.33. The molecule has 1 aliphatic carbocycles. The van der Waals surface area contributed by atoms with Crippen LogP contribution in [0.4, 0.5) is 5.69 Å². The highest BCUT2D eigenvalue weighted by atomic mass is 16.5. The molecule has 1 aromatic carbocycles. The van der Waals surface area contributed by atoms with Crippen LogP contribution in [0.15, 0.2) is 24.3 Å². The van der Waals surface area contributed by atoms with Gasteiger partial charge in [0.15, 0.2) is 0 Å². The van der Waals surface area contributed by atoms with Gasteiger partial charge in [0.1, 0.15) is 11.2 Å². The predicted molar refractivity (Wildman–Crippen MR) is 96.8 cm³/mol. The van der Waals surface area contributed by atoms with Crippen molar-refractivity contribution in [1.29, 1.82) is 0 Å². The number of anilines is 1. The van der Waals surface area contributed by atoms with Crippen molar-refractivity contribution in [2.75, 3.05) is 44.7 Å². The molecule has 3 rings (SSSR count). The summed E-state index contributed by atoms with van der Waals surface area (Å²) in [4.78, 5) is 29.3. The summed E-state index contributed by atoms with van der Waals surface area (Å²) in [5, 5.41) is 2.89. The Hall–Kier alpha value is -2.24. The van der Waals surface area contributed by atoms with E-state index in [-0.39, 0.29) is 11.8 Å². The highest BCUT2D eigenvalue weighted by molar-refractivity contribution is 6.07. The van der Waals surface area contributed by atoms with Crippen molar-refractivity contribution in [3.8, 4) is 5.75 Å². The maximum absolute atomic E-state index is 12.8. The Morgan fingerprint density at radius 3 is 2.28 bits per heavy atom. The lowest BCUT2D eigenvalue weighted by Crippen LogP contribution is -2.53. The number of hydrogen-bond donors (Lipinski definition) is 1. The van der Waals surface area contributed by atoms with Crippen LogP contribution in [0.25, 0.3) is 0 Å². The molecule has 1 saturated heterocycles. The summed E-state index contributed by atoms with van der Waals surface area (Å²) in [5.74, 6) is 0.763. The van der Waals surface area contributed by atoms with E-state index in [4.69, 9.17) is 4.74 Å². The van der Waals surface area contributed by atoms with Crippen molar-refractivity contribution < 1.29 is 14.3 Å². The molecule has 1 aromatic rings. The highest BCUT2D eigenvalue weighted by Crippen LogP contribution is 2.47. The summed E-state index contributed by atoms with van der Waals surface area (Å²) in [6.07, 6.45) is 2.25. The SMILES string of the molecule is CCCNC(=O)C1(C(=O)N2CCN(c3ccc(OC)cc3)CC2)CC1. The molecular weight excluding hydrogens is 318 g/mol. The average Bonchev–Trinajstić information content (AvgIpc) is 3.48. The van der Waals surface area contributed by atoms with Gasteiger partial charge in [0.2, 0.25) is 11.8 Å². The third-order valence-corrected chi connectivity index (χ3v) is 5.13. The number of benzene rings is 1. The zero-order chi connectivity index (χ0) is 17.9. The standard InChI is InChI=1S/C19H27N3O3/c1-3-10-20-17(23)19(8-9-19)18(24)22-13-11-21(12-14-22)15-4-6-16(25-2)7-5-15/h4-7H,3,8-14H2,1-2H3,(H,20,23). The third-order valence-electron chi connectivity index (χ3n) is 5.13. The molecule has 6 heteroatoms. The zero-order valence-electron chi connectivity index (χ0n) is 15.1. The van der Waals surface area contributed by atoms with Gasteiger partial charge in [-0.05, 0) is 43.5 Å². The first kappa shape index (κ1) is 17.6. The van der Waals surface area contributed by atoms with Gasteiger partial charge >= 0.3 is 0 Å². The van der Waals surface area contributed by atoms with Gasteiger partial charge in [-0.1, -0.05) is 6.92 Å². The smallest absolute Gasteiger partial charge is 0.238 e. The van der Waals surface area contributed by atoms with E-state index in [2.05, 4.69) is 10.2 Å². The molecule has 136 valence electrons. The van der Waals surface area contributed by atoms with Crippen molar-refractivity contribution >= 4 is 17.5 Å². The normalized spacial score (nSPS) is 18.6. The first-order valence-electron chi connectivity index (χ1n) is 9.07. The van der Waals surface area contributed by atoms with Crippen LogP contribution < -0.4 is 15.0 Å². The minimum Gasteiger partial charge on any atom is -0.497 e. The molecule has 2 aliphatic rings. The topological polar surface area (TPSA) is 61.9 Å². The summed E-state index contributed by atoms with van der Waals surface area (Å²) < 4.78 is 5.19. The Morgan fingerprint density at radius 2 is 1.76 bits per heavy atom. The van der Waals surface area contributed by atoms with Crippen LogP contribution in [0.5, 0.6) is 5.75 Å². The minimum absolute atomic E-state index is 0.00971. The molecule has 0 radical (unpaired) electrons. The maximum atomic E-state index is 12.8. The van der Waals surface area contributed by atoms with Crippen LogP contribution in [0.3, 0.4) is 0 Å². The Morgan fingerprint density at radius 1 is 1.12 bits per heavy atom. The zero-order valence-corrected chi connectivity index (χ0v) is 15.1. The molecule has 0 spiro atoms. The molecule has 0 aromatic heterocycles. The number of nitrogens with zero attached hydrogens (tertiary/aromatic N) is 2. The van der Waals surface area contributed by atoms with Gasteiger partial charge in [0.25, 0.3) is 0 Å². The number of piperazine rings is 1. The second kappa shape index (κ2) is 7.33. The lowest BCUT2D eigenvalue weighted by molar-refractivity contribution is -0.144. The van der Waals surface area contributed by atoms with E-state index in [0.29, 0.717) is 32.5 Å². The molecule has 0 bridgehead atoms. The first-order chi connectivity index (χ1) is 12.1. The number of methoxy groups -OCH3 is 1. The van der Waals surface area contributed by atoms with Crippen LogP contribution in [0.2, 0.25) is 0 Å². The lowest BCUT2D eigenvalue weighted by Gasteiger charge is -2.37. The molecule has 6 nitrogen and oxygen atoms in total. The summed E-state index contributed by atoms with van der Waals surface area (Å²) >= 11 is 0. The molecule has 0 unspecified atom stereocenters. The van der Waals surface area contributed by atoms with Crippen LogP contribution in [0, 0.1) is 5.41 Å². The van der Waals surface area contributed by atoms with Gasteiger partial charge in [0.05, 0.1) is 7.11 Å². The second-order valence-corrected chi connectivity index (χ2v) is 6.82. The monoisotopic (exact) mass is 345 g/mol. The Balaban J connectivity index is 1.56. The maximum Gasteiger partial charge on any atom is 0.238 e. The molecule has 1 heterocycles. The van der Waals surface area contributed by atoms with Crippen molar-refractivity contribution in [3.05, 3.63) is 24.3 Å². The van der Waals surface area contributed by atoms with E-state index in [1.165, 1.54) is 0 Å². The van der Waals surface area contributed by atoms with Crippen LogP contribution in [-0.2, 0) is 9.59 Å². The summed E-state index contributed by atoms with van der Waals surface area (Å²) in [5.41, 5.74) is 0.354. The molecular formula is C19H27N3O3. The molecule has 1 saturated carbocycles. The van der Waals surface area contributed by atoms with Crippen molar-refractivity contribution in [2.24, 2.45) is 5.41 Å². The fraction of sp³-hybridized carbons (Fsp3) is 0.579. The van der Waals surface area contributed by atoms with E-state index in [1.807, 2.05) is 36.1 Å². The molecule has 1 aliphatic heterocycles. The van der Waals surface area contributed by atoms with Gasteiger partial charge < -0.3 is 19.9 Å². The van der Waals surface area contributed by atoms with E-state index in [9.17, 15) is 9.59 Å². The van der Waals surface area contributed by atoms with Crippen molar-refractivity contribution in [1.82, 2.24) is 10.2 Å². The quantitative estimate of drug-likeness (QED) is 0.797. The van der Waals surface area contributed by atoms with Gasteiger partial charge in [-0.15, -0.1) is 0 Å². The molecule has 0 atom stereocenters. The number of nitrogens with one attached hydrogen (secondary N) is 1. The molecule has 25 heavy (non-hydrogen) atoms. The van der Waals surface area contributed by atoms with Crippen LogP contribution >= 0.6 is 0 Å². The van der Waals surface area contributed by atoms with Crippen molar-refractivity contribution in [2.45, 2.75) is 26.2 Å². The summed E-state index contributed by atoms with van der Waals surface area (Å²) in [6, 6.07) is 7.97. The second-order valence-electron chi connectivity index (χ2n) is 6.82. The molecule has 1 N–H and O–H groups in total. The summed E-state index contributed by atoms with van der Waals surface area (Å²) in [6.45, 7) is 5.54. The number of rotatable bonds is 6. The number of carbonyl (C=O) groups is 2. The largest absolute Gasteiger partial charge is 0.497 e. The minimum atomic E-state index is -0.780. The van der Waals surface area contributed by atoms with E-state index < -0.39 is 5.41 Å². The van der Waals surface area contributed by atoms with E-state index in [1.54, 1.807) is 7.11 Å². The van der Waals surface area contributed by atoms with Gasteiger partial charge in [-0.25, -0.2) is 0 Å². The number of hydrogen-bond acceptors (Lipinski definition) is 4. The lowest BCUT2D eigenvalue weighted by atomic mass is 10.0. The highest BCUT2D eigenvalue weighted by Gasteiger charge is 2.57. The fourth-order valence-electron chi connectivity index (χ4n) is 3.33. The summed E-state index contributed by atoms with van der Waals surface area (Å²) in [7, 11) is 1.66. The average molecular weight is 345 g/mol. The molecule has 2 amide bonds. The van der Waals surface area contributed by atoms with Crippen molar-refractivity contribution in [3.63, 3.8) is 0 Å². The van der Waals surface area contributed by atoms with Crippen LogP contribution in [-0.4, -0.2) is 56.5 Å². The van der Waals surface area contributed by atoms with E-state index >= 15 is 0 Å².